The lowest BCUT2D eigenvalue weighted by molar-refractivity contribution is 0.0964. The standard InChI is InChI=1S/C18H21N3O3/c1-4-21(14-9-7-6-8-10-14)18(23)20-17(22)15-11-12-16(24-5-2)19-13(15)3/h6-12H,4-5H2,1-3H3,(H,20,22,23). The van der Waals surface area contributed by atoms with Gasteiger partial charge in [0.15, 0.2) is 0 Å². The van der Waals surface area contributed by atoms with Crippen molar-refractivity contribution >= 4 is 17.6 Å². The summed E-state index contributed by atoms with van der Waals surface area (Å²) in [5, 5.41) is 2.41. The number of hydrogen-bond donors (Lipinski definition) is 1. The zero-order valence-electron chi connectivity index (χ0n) is 14.1. The Morgan fingerprint density at radius 3 is 2.42 bits per heavy atom. The second kappa shape index (κ2) is 8.10. The first kappa shape index (κ1) is 17.5. The SMILES string of the molecule is CCOc1ccc(C(=O)NC(=O)N(CC)c2ccccc2)c(C)n1. The minimum absolute atomic E-state index is 0.343. The van der Waals surface area contributed by atoms with E-state index in [-0.39, 0.29) is 0 Å². The quantitative estimate of drug-likeness (QED) is 0.915. The molecule has 1 aromatic heterocycles. The Morgan fingerprint density at radius 2 is 1.83 bits per heavy atom. The van der Waals surface area contributed by atoms with E-state index in [4.69, 9.17) is 4.74 Å². The molecule has 0 aliphatic rings. The number of urea groups is 1. The van der Waals surface area contributed by atoms with Crippen LogP contribution >= 0.6 is 0 Å². The maximum Gasteiger partial charge on any atom is 0.328 e. The number of anilines is 1. The molecule has 0 bridgehead atoms. The summed E-state index contributed by atoms with van der Waals surface area (Å²) in [6, 6.07) is 11.9. The summed E-state index contributed by atoms with van der Waals surface area (Å²) in [6.45, 7) is 6.36. The lowest BCUT2D eigenvalue weighted by Crippen LogP contribution is -2.43. The fraction of sp³-hybridized carbons (Fsp3) is 0.278. The highest BCUT2D eigenvalue weighted by Gasteiger charge is 2.19. The number of carbonyl (C=O) groups is 2. The van der Waals surface area contributed by atoms with Crippen LogP contribution < -0.4 is 15.0 Å². The summed E-state index contributed by atoms with van der Waals surface area (Å²) in [7, 11) is 0. The molecule has 0 radical (unpaired) electrons. The highest BCUT2D eigenvalue weighted by atomic mass is 16.5. The molecule has 0 aliphatic heterocycles. The minimum atomic E-state index is -0.484. The monoisotopic (exact) mass is 327 g/mol. The van der Waals surface area contributed by atoms with Crippen LogP contribution in [0.15, 0.2) is 42.5 Å². The van der Waals surface area contributed by atoms with Gasteiger partial charge in [0.2, 0.25) is 5.88 Å². The zero-order valence-corrected chi connectivity index (χ0v) is 14.1. The van der Waals surface area contributed by atoms with Gasteiger partial charge in [0.25, 0.3) is 5.91 Å². The van der Waals surface area contributed by atoms with E-state index in [2.05, 4.69) is 10.3 Å². The van der Waals surface area contributed by atoms with Crippen molar-refractivity contribution < 1.29 is 14.3 Å². The van der Waals surface area contributed by atoms with E-state index in [0.29, 0.717) is 30.3 Å². The molecule has 3 amide bonds. The van der Waals surface area contributed by atoms with E-state index < -0.39 is 11.9 Å². The first-order valence-electron chi connectivity index (χ1n) is 7.85. The van der Waals surface area contributed by atoms with Crippen LogP contribution in [0.5, 0.6) is 5.88 Å². The number of nitrogens with zero attached hydrogens (tertiary/aromatic N) is 2. The summed E-state index contributed by atoms with van der Waals surface area (Å²) in [4.78, 5) is 30.4. The van der Waals surface area contributed by atoms with E-state index >= 15 is 0 Å². The van der Waals surface area contributed by atoms with Gasteiger partial charge in [-0.2, -0.15) is 0 Å². The zero-order chi connectivity index (χ0) is 17.5. The largest absolute Gasteiger partial charge is 0.478 e. The maximum absolute atomic E-state index is 12.4. The Bertz CT molecular complexity index is 717. The molecule has 0 fully saturated rings. The number of rotatable bonds is 5. The molecule has 2 aromatic rings. The van der Waals surface area contributed by atoms with Crippen molar-refractivity contribution in [1.29, 1.82) is 0 Å². The highest BCUT2D eigenvalue weighted by molar-refractivity contribution is 6.09. The van der Waals surface area contributed by atoms with Crippen molar-refractivity contribution in [2.75, 3.05) is 18.1 Å². The van der Waals surface area contributed by atoms with Gasteiger partial charge in [-0.25, -0.2) is 9.78 Å². The minimum Gasteiger partial charge on any atom is -0.478 e. The number of carbonyl (C=O) groups excluding carboxylic acids is 2. The predicted octanol–water partition coefficient (Wildman–Crippen LogP) is 3.17. The van der Waals surface area contributed by atoms with E-state index in [1.165, 1.54) is 4.90 Å². The van der Waals surface area contributed by atoms with Gasteiger partial charge in [-0.3, -0.25) is 15.0 Å². The van der Waals surface area contributed by atoms with Crippen molar-refractivity contribution in [3.05, 3.63) is 53.7 Å². The summed E-state index contributed by atoms with van der Waals surface area (Å²) in [5.74, 6) is -0.0280. The Kier molecular flexibility index (Phi) is 5.89. The average Bonchev–Trinajstić information content (AvgIpc) is 2.56. The number of imide groups is 1. The fourth-order valence-electron chi connectivity index (χ4n) is 2.29. The van der Waals surface area contributed by atoms with Crippen molar-refractivity contribution in [3.8, 4) is 5.88 Å². The number of benzene rings is 1. The van der Waals surface area contributed by atoms with Gasteiger partial charge >= 0.3 is 6.03 Å². The molecule has 0 aliphatic carbocycles. The van der Waals surface area contributed by atoms with Gasteiger partial charge in [0, 0.05) is 18.3 Å². The molecule has 0 atom stereocenters. The molecule has 24 heavy (non-hydrogen) atoms. The van der Waals surface area contributed by atoms with E-state index in [0.717, 1.165) is 5.69 Å². The Morgan fingerprint density at radius 1 is 1.12 bits per heavy atom. The van der Waals surface area contributed by atoms with Gasteiger partial charge in [-0.05, 0) is 39.0 Å². The van der Waals surface area contributed by atoms with Gasteiger partial charge in [-0.15, -0.1) is 0 Å². The van der Waals surface area contributed by atoms with Gasteiger partial charge in [0.05, 0.1) is 17.9 Å². The molecule has 6 nitrogen and oxygen atoms in total. The van der Waals surface area contributed by atoms with Crippen LogP contribution in [0.3, 0.4) is 0 Å². The molecule has 2 rings (SSSR count). The second-order valence-electron chi connectivity index (χ2n) is 5.05. The maximum atomic E-state index is 12.4. The van der Waals surface area contributed by atoms with E-state index in [1.807, 2.05) is 44.2 Å². The van der Waals surface area contributed by atoms with Gasteiger partial charge < -0.3 is 4.74 Å². The topological polar surface area (TPSA) is 71.5 Å². The number of hydrogen-bond acceptors (Lipinski definition) is 4. The third kappa shape index (κ3) is 4.10. The third-order valence-corrected chi connectivity index (χ3v) is 3.45. The summed E-state index contributed by atoms with van der Waals surface area (Å²) in [5.41, 5.74) is 1.58. The van der Waals surface area contributed by atoms with Crippen LogP contribution in [-0.2, 0) is 0 Å². The van der Waals surface area contributed by atoms with Crippen LogP contribution in [0.25, 0.3) is 0 Å². The molecule has 0 unspecified atom stereocenters. The molecule has 1 N–H and O–H groups in total. The first-order chi connectivity index (χ1) is 11.6. The third-order valence-electron chi connectivity index (χ3n) is 3.45. The van der Waals surface area contributed by atoms with Crippen molar-refractivity contribution in [2.45, 2.75) is 20.8 Å². The van der Waals surface area contributed by atoms with Crippen molar-refractivity contribution in [3.63, 3.8) is 0 Å². The van der Waals surface area contributed by atoms with Crippen LogP contribution in [-0.4, -0.2) is 30.1 Å². The number of aryl methyl sites for hydroxylation is 1. The Labute approximate surface area is 141 Å². The number of nitrogens with one attached hydrogen (secondary N) is 1. The van der Waals surface area contributed by atoms with E-state index in [1.54, 1.807) is 19.1 Å². The van der Waals surface area contributed by atoms with Gasteiger partial charge in [-0.1, -0.05) is 18.2 Å². The molecule has 0 saturated carbocycles. The highest BCUT2D eigenvalue weighted by Crippen LogP contribution is 2.15. The first-order valence-corrected chi connectivity index (χ1v) is 7.85. The van der Waals surface area contributed by atoms with Gasteiger partial charge in [0.1, 0.15) is 0 Å². The summed E-state index contributed by atoms with van der Waals surface area (Å²) in [6.07, 6.45) is 0. The number of ether oxygens (including phenoxy) is 1. The average molecular weight is 327 g/mol. The molecule has 1 heterocycles. The van der Waals surface area contributed by atoms with Crippen LogP contribution in [0.1, 0.15) is 29.9 Å². The second-order valence-corrected chi connectivity index (χ2v) is 5.05. The van der Waals surface area contributed by atoms with Crippen LogP contribution in [0.2, 0.25) is 0 Å². The van der Waals surface area contributed by atoms with Crippen molar-refractivity contribution in [1.82, 2.24) is 10.3 Å². The number of amides is 3. The number of pyridine rings is 1. The number of para-hydroxylation sites is 1. The number of aromatic nitrogens is 1. The summed E-state index contributed by atoms with van der Waals surface area (Å²) >= 11 is 0. The lowest BCUT2D eigenvalue weighted by atomic mass is 10.2. The smallest absolute Gasteiger partial charge is 0.328 e. The molecule has 1 aromatic carbocycles. The normalized spacial score (nSPS) is 10.1. The molecule has 126 valence electrons. The summed E-state index contributed by atoms with van der Waals surface area (Å²) < 4.78 is 5.30. The molecular formula is C18H21N3O3. The lowest BCUT2D eigenvalue weighted by Gasteiger charge is -2.21. The molecule has 6 heteroatoms. The van der Waals surface area contributed by atoms with E-state index in [9.17, 15) is 9.59 Å². The predicted molar refractivity (Wildman–Crippen MR) is 92.5 cm³/mol. The van der Waals surface area contributed by atoms with Crippen LogP contribution in [0, 0.1) is 6.92 Å². The molecule has 0 spiro atoms. The fourth-order valence-corrected chi connectivity index (χ4v) is 2.29. The Balaban J connectivity index is 2.12. The molecule has 0 saturated heterocycles. The Hall–Kier alpha value is -2.89. The van der Waals surface area contributed by atoms with Crippen molar-refractivity contribution in [2.24, 2.45) is 0 Å². The van der Waals surface area contributed by atoms with Crippen LogP contribution in [0.4, 0.5) is 10.5 Å². The molecular weight excluding hydrogens is 306 g/mol.